The smallest absolute Gasteiger partial charge is 0.191 e. The van der Waals surface area contributed by atoms with Crippen LogP contribution in [0.5, 0.6) is 0 Å². The van der Waals surface area contributed by atoms with Crippen LogP contribution < -0.4 is 15.5 Å². The molecule has 1 unspecified atom stereocenters. The standard InChI is InChI=1S/C21H30N4O2S.HI/c1-3-22-20(24-16-21(2,26)18-8-13-28-15-18)23-14-17-4-6-19(7-5-17)25-9-11-27-12-10-25;/h4-8,13,15,26H,3,9-12,14,16H2,1-2H3,(H2,22,23,24);1H. The van der Waals surface area contributed by atoms with Crippen molar-refractivity contribution in [3.8, 4) is 0 Å². The first kappa shape index (κ1) is 23.9. The predicted octanol–water partition coefficient (Wildman–Crippen LogP) is 3.17. The second-order valence-electron chi connectivity index (χ2n) is 7.10. The van der Waals surface area contributed by atoms with Crippen LogP contribution in [0.3, 0.4) is 0 Å². The molecule has 1 fully saturated rings. The number of hydrogen-bond donors (Lipinski definition) is 3. The van der Waals surface area contributed by atoms with Gasteiger partial charge in [0.15, 0.2) is 5.96 Å². The van der Waals surface area contributed by atoms with Crippen molar-refractivity contribution >= 4 is 47.0 Å². The highest BCUT2D eigenvalue weighted by Crippen LogP contribution is 2.22. The van der Waals surface area contributed by atoms with Gasteiger partial charge in [0.25, 0.3) is 0 Å². The Hall–Kier alpha value is -1.36. The molecule has 0 amide bonds. The third-order valence-electron chi connectivity index (χ3n) is 4.82. The van der Waals surface area contributed by atoms with E-state index in [1.54, 1.807) is 11.3 Å². The summed E-state index contributed by atoms with van der Waals surface area (Å²) >= 11 is 1.59. The van der Waals surface area contributed by atoms with Crippen molar-refractivity contribution in [1.29, 1.82) is 0 Å². The number of halogens is 1. The van der Waals surface area contributed by atoms with E-state index in [9.17, 15) is 5.11 Å². The molecule has 2 heterocycles. The molecule has 2 aromatic rings. The Labute approximate surface area is 194 Å². The monoisotopic (exact) mass is 530 g/mol. The van der Waals surface area contributed by atoms with Gasteiger partial charge in [0, 0.05) is 25.3 Å². The summed E-state index contributed by atoms with van der Waals surface area (Å²) in [5.41, 5.74) is 2.36. The van der Waals surface area contributed by atoms with E-state index in [1.165, 1.54) is 5.69 Å². The first-order valence-corrected chi connectivity index (χ1v) is 10.7. The lowest BCUT2D eigenvalue weighted by molar-refractivity contribution is 0.0621. The highest BCUT2D eigenvalue weighted by molar-refractivity contribution is 14.0. The van der Waals surface area contributed by atoms with Gasteiger partial charge in [-0.3, -0.25) is 0 Å². The number of aliphatic hydroxyl groups is 1. The molecule has 1 aromatic heterocycles. The summed E-state index contributed by atoms with van der Waals surface area (Å²) in [4.78, 5) is 7.00. The molecule has 0 bridgehead atoms. The number of aliphatic imine (C=N–C) groups is 1. The van der Waals surface area contributed by atoms with Gasteiger partial charge in [-0.25, -0.2) is 4.99 Å². The van der Waals surface area contributed by atoms with Crippen molar-refractivity contribution in [3.05, 3.63) is 52.2 Å². The quantitative estimate of drug-likeness (QED) is 0.292. The van der Waals surface area contributed by atoms with Gasteiger partial charge in [-0.05, 0) is 53.9 Å². The number of morpholine rings is 1. The number of benzene rings is 1. The zero-order valence-corrected chi connectivity index (χ0v) is 20.2. The van der Waals surface area contributed by atoms with Gasteiger partial charge >= 0.3 is 0 Å². The van der Waals surface area contributed by atoms with Crippen LogP contribution in [0.15, 0.2) is 46.1 Å². The van der Waals surface area contributed by atoms with Crippen LogP contribution >= 0.6 is 35.3 Å². The van der Waals surface area contributed by atoms with E-state index in [0.29, 0.717) is 19.0 Å². The van der Waals surface area contributed by atoms with Crippen LogP contribution in [0, 0.1) is 0 Å². The normalized spacial score (nSPS) is 16.7. The molecule has 1 saturated heterocycles. The van der Waals surface area contributed by atoms with Gasteiger partial charge in [0.2, 0.25) is 0 Å². The molecule has 1 aliphatic heterocycles. The van der Waals surface area contributed by atoms with Crippen LogP contribution in [0.2, 0.25) is 0 Å². The van der Waals surface area contributed by atoms with Gasteiger partial charge in [-0.2, -0.15) is 11.3 Å². The highest BCUT2D eigenvalue weighted by Gasteiger charge is 2.23. The van der Waals surface area contributed by atoms with Crippen molar-refractivity contribution in [3.63, 3.8) is 0 Å². The minimum Gasteiger partial charge on any atom is -0.384 e. The van der Waals surface area contributed by atoms with Crippen LogP contribution in [-0.4, -0.2) is 50.5 Å². The van der Waals surface area contributed by atoms with E-state index in [2.05, 4.69) is 44.8 Å². The Morgan fingerprint density at radius 2 is 1.93 bits per heavy atom. The number of nitrogens with one attached hydrogen (secondary N) is 2. The third-order valence-corrected chi connectivity index (χ3v) is 5.50. The molecule has 0 aliphatic carbocycles. The molecule has 1 atom stereocenters. The summed E-state index contributed by atoms with van der Waals surface area (Å²) in [6.07, 6.45) is 0. The summed E-state index contributed by atoms with van der Waals surface area (Å²) in [5.74, 6) is 0.704. The van der Waals surface area contributed by atoms with E-state index in [1.807, 2.05) is 30.7 Å². The molecule has 3 rings (SSSR count). The van der Waals surface area contributed by atoms with Crippen LogP contribution in [0.1, 0.15) is 25.0 Å². The fourth-order valence-corrected chi connectivity index (χ4v) is 3.86. The third kappa shape index (κ3) is 7.13. The fourth-order valence-electron chi connectivity index (χ4n) is 3.07. The second-order valence-corrected chi connectivity index (χ2v) is 7.88. The van der Waals surface area contributed by atoms with Gasteiger partial charge < -0.3 is 25.4 Å². The van der Waals surface area contributed by atoms with Crippen LogP contribution in [0.25, 0.3) is 0 Å². The first-order chi connectivity index (χ1) is 13.6. The van der Waals surface area contributed by atoms with E-state index in [0.717, 1.165) is 44.0 Å². The van der Waals surface area contributed by atoms with Gasteiger partial charge in [-0.1, -0.05) is 12.1 Å². The number of hydrogen-bond acceptors (Lipinski definition) is 5. The molecule has 1 aromatic carbocycles. The fraction of sp³-hybridized carbons (Fsp3) is 0.476. The molecule has 0 radical (unpaired) electrons. The van der Waals surface area contributed by atoms with Crippen molar-refractivity contribution in [2.45, 2.75) is 26.0 Å². The summed E-state index contributed by atoms with van der Waals surface area (Å²) < 4.78 is 5.41. The summed E-state index contributed by atoms with van der Waals surface area (Å²) in [7, 11) is 0. The van der Waals surface area contributed by atoms with E-state index < -0.39 is 5.60 Å². The number of rotatable bonds is 7. The maximum atomic E-state index is 10.7. The SMILES string of the molecule is CCNC(=NCc1ccc(N2CCOCC2)cc1)NCC(C)(O)c1ccsc1.I. The lowest BCUT2D eigenvalue weighted by Crippen LogP contribution is -2.44. The van der Waals surface area contributed by atoms with Crippen molar-refractivity contribution in [1.82, 2.24) is 10.6 Å². The lowest BCUT2D eigenvalue weighted by Gasteiger charge is -2.28. The zero-order chi connectivity index (χ0) is 19.8. The molecular formula is C21H31IN4O2S. The summed E-state index contributed by atoms with van der Waals surface area (Å²) in [6, 6.07) is 10.5. The number of guanidine groups is 1. The molecule has 3 N–H and O–H groups in total. The second kappa shape index (κ2) is 11.7. The summed E-state index contributed by atoms with van der Waals surface area (Å²) in [5, 5.41) is 21.1. The van der Waals surface area contributed by atoms with Crippen LogP contribution in [-0.2, 0) is 16.9 Å². The Balaban J connectivity index is 0.00000300. The Kier molecular flexibility index (Phi) is 9.67. The number of nitrogens with zero attached hydrogens (tertiary/aromatic N) is 2. The molecular weight excluding hydrogens is 499 g/mol. The summed E-state index contributed by atoms with van der Waals surface area (Å²) in [6.45, 7) is 9.05. The Morgan fingerprint density at radius 1 is 1.21 bits per heavy atom. The van der Waals surface area contributed by atoms with Crippen LogP contribution in [0.4, 0.5) is 5.69 Å². The molecule has 0 saturated carbocycles. The van der Waals surface area contributed by atoms with Gasteiger partial charge in [0.1, 0.15) is 5.60 Å². The number of ether oxygens (including phenoxy) is 1. The van der Waals surface area contributed by atoms with Crippen molar-refractivity contribution in [2.75, 3.05) is 44.3 Å². The topological polar surface area (TPSA) is 69.1 Å². The maximum Gasteiger partial charge on any atom is 0.191 e. The molecule has 160 valence electrons. The van der Waals surface area contributed by atoms with E-state index >= 15 is 0 Å². The number of thiophene rings is 1. The Bertz CT molecular complexity index is 745. The minimum absolute atomic E-state index is 0. The molecule has 0 spiro atoms. The average Bonchev–Trinajstić information content (AvgIpc) is 3.27. The molecule has 1 aliphatic rings. The van der Waals surface area contributed by atoms with Crippen molar-refractivity contribution in [2.24, 2.45) is 4.99 Å². The predicted molar refractivity (Wildman–Crippen MR) is 132 cm³/mol. The zero-order valence-electron chi connectivity index (χ0n) is 17.1. The lowest BCUT2D eigenvalue weighted by atomic mass is 9.99. The first-order valence-electron chi connectivity index (χ1n) is 9.77. The van der Waals surface area contributed by atoms with Gasteiger partial charge in [0.05, 0.1) is 26.3 Å². The largest absolute Gasteiger partial charge is 0.384 e. The minimum atomic E-state index is -0.935. The maximum absolute atomic E-state index is 10.7. The molecule has 8 heteroatoms. The Morgan fingerprint density at radius 3 is 2.55 bits per heavy atom. The molecule has 6 nitrogen and oxygen atoms in total. The van der Waals surface area contributed by atoms with Gasteiger partial charge in [-0.15, -0.1) is 24.0 Å². The van der Waals surface area contributed by atoms with E-state index in [4.69, 9.17) is 4.74 Å². The average molecular weight is 530 g/mol. The highest BCUT2D eigenvalue weighted by atomic mass is 127. The molecule has 29 heavy (non-hydrogen) atoms. The van der Waals surface area contributed by atoms with E-state index in [-0.39, 0.29) is 24.0 Å². The van der Waals surface area contributed by atoms with Crippen molar-refractivity contribution < 1.29 is 9.84 Å². The number of anilines is 1.